The third-order valence-corrected chi connectivity index (χ3v) is 2.66. The maximum Gasteiger partial charge on any atom is 0.408 e. The third kappa shape index (κ3) is 4.08. The van der Waals surface area contributed by atoms with Crippen LogP contribution in [0, 0.1) is 5.92 Å². The van der Waals surface area contributed by atoms with Gasteiger partial charge in [0.2, 0.25) is 0 Å². The summed E-state index contributed by atoms with van der Waals surface area (Å²) in [6, 6.07) is 2.30. The Morgan fingerprint density at radius 2 is 2.05 bits per heavy atom. The van der Waals surface area contributed by atoms with Gasteiger partial charge >= 0.3 is 6.09 Å². The first-order valence-corrected chi connectivity index (χ1v) is 6.05. The highest BCUT2D eigenvalue weighted by atomic mass is 16.5. The van der Waals surface area contributed by atoms with E-state index in [-0.39, 0.29) is 18.2 Å². The Morgan fingerprint density at radius 3 is 2.50 bits per heavy atom. The molecule has 6 heteroatoms. The maximum absolute atomic E-state index is 11.6. The summed E-state index contributed by atoms with van der Waals surface area (Å²) in [5.74, 6) is -1.42. The van der Waals surface area contributed by atoms with Crippen LogP contribution in [-0.4, -0.2) is 24.3 Å². The van der Waals surface area contributed by atoms with Crippen molar-refractivity contribution in [2.24, 2.45) is 5.92 Å². The SMILES string of the molecule is C=CCOC(=O)N[C@@H](c1ccco1)C(C(C)=O)C(C)=O. The summed E-state index contributed by atoms with van der Waals surface area (Å²) >= 11 is 0. The Hall–Kier alpha value is -2.37. The van der Waals surface area contributed by atoms with Crippen molar-refractivity contribution < 1.29 is 23.5 Å². The van der Waals surface area contributed by atoms with Crippen LogP contribution in [0.15, 0.2) is 35.5 Å². The molecule has 0 aliphatic carbocycles. The smallest absolute Gasteiger partial charge is 0.408 e. The van der Waals surface area contributed by atoms with Gasteiger partial charge in [-0.1, -0.05) is 12.7 Å². The van der Waals surface area contributed by atoms with E-state index in [9.17, 15) is 14.4 Å². The molecule has 0 aromatic carbocycles. The summed E-state index contributed by atoms with van der Waals surface area (Å²) in [4.78, 5) is 34.9. The molecule has 0 bridgehead atoms. The number of carbonyl (C=O) groups excluding carboxylic acids is 3. The van der Waals surface area contributed by atoms with Crippen LogP contribution < -0.4 is 5.32 Å². The number of nitrogens with one attached hydrogen (secondary N) is 1. The van der Waals surface area contributed by atoms with Gasteiger partial charge in [0.05, 0.1) is 6.26 Å². The van der Waals surface area contributed by atoms with E-state index in [1.807, 2.05) is 0 Å². The molecule has 0 aliphatic rings. The van der Waals surface area contributed by atoms with Gasteiger partial charge in [0, 0.05) is 0 Å². The fourth-order valence-electron chi connectivity index (χ4n) is 1.85. The molecule has 0 fully saturated rings. The number of rotatable bonds is 7. The number of carbonyl (C=O) groups is 3. The number of ether oxygens (including phenoxy) is 1. The van der Waals surface area contributed by atoms with E-state index in [0.29, 0.717) is 5.76 Å². The molecular weight excluding hydrogens is 262 g/mol. The number of furan rings is 1. The normalized spacial score (nSPS) is 11.8. The van der Waals surface area contributed by atoms with Crippen molar-refractivity contribution >= 4 is 17.7 Å². The minimum absolute atomic E-state index is 0.0293. The zero-order valence-corrected chi connectivity index (χ0v) is 11.4. The van der Waals surface area contributed by atoms with E-state index in [1.165, 1.54) is 26.2 Å². The maximum atomic E-state index is 11.6. The molecule has 1 aromatic rings. The average Bonchev–Trinajstić information content (AvgIpc) is 2.88. The molecule has 0 aliphatic heterocycles. The summed E-state index contributed by atoms with van der Waals surface area (Å²) in [7, 11) is 0. The zero-order chi connectivity index (χ0) is 15.1. The summed E-state index contributed by atoms with van der Waals surface area (Å²) < 4.78 is 9.98. The predicted molar refractivity (Wildman–Crippen MR) is 71.0 cm³/mol. The van der Waals surface area contributed by atoms with E-state index in [2.05, 4.69) is 11.9 Å². The molecule has 20 heavy (non-hydrogen) atoms. The van der Waals surface area contributed by atoms with Crippen LogP contribution in [0.25, 0.3) is 0 Å². The molecule has 0 radical (unpaired) electrons. The van der Waals surface area contributed by atoms with Crippen LogP contribution in [0.5, 0.6) is 0 Å². The van der Waals surface area contributed by atoms with Gasteiger partial charge in [-0.25, -0.2) is 4.79 Å². The molecule has 1 atom stereocenters. The monoisotopic (exact) mass is 279 g/mol. The summed E-state index contributed by atoms with van der Waals surface area (Å²) in [5.41, 5.74) is 0. The van der Waals surface area contributed by atoms with Crippen LogP contribution in [0.4, 0.5) is 4.79 Å². The Balaban J connectivity index is 2.96. The summed E-state index contributed by atoms with van der Waals surface area (Å²) in [5, 5.41) is 2.47. The molecule has 1 amide bonds. The first kappa shape index (κ1) is 15.7. The highest BCUT2D eigenvalue weighted by Gasteiger charge is 2.34. The van der Waals surface area contributed by atoms with E-state index >= 15 is 0 Å². The van der Waals surface area contributed by atoms with Gasteiger partial charge in [0.25, 0.3) is 0 Å². The largest absolute Gasteiger partial charge is 0.467 e. The second-order valence-corrected chi connectivity index (χ2v) is 4.22. The fraction of sp³-hybridized carbons (Fsp3) is 0.357. The van der Waals surface area contributed by atoms with Crippen molar-refractivity contribution in [1.82, 2.24) is 5.32 Å². The first-order chi connectivity index (χ1) is 9.47. The number of Topliss-reactive ketones (excluding diaryl/α,β-unsaturated/α-hetero) is 2. The minimum atomic E-state index is -1.02. The van der Waals surface area contributed by atoms with Gasteiger partial charge in [0.1, 0.15) is 35.9 Å². The highest BCUT2D eigenvalue weighted by molar-refractivity contribution is 6.01. The summed E-state index contributed by atoms with van der Waals surface area (Å²) in [6.45, 7) is 6.03. The van der Waals surface area contributed by atoms with Gasteiger partial charge < -0.3 is 14.5 Å². The second-order valence-electron chi connectivity index (χ2n) is 4.22. The van der Waals surface area contributed by atoms with Crippen molar-refractivity contribution in [1.29, 1.82) is 0 Å². The van der Waals surface area contributed by atoms with Crippen LogP contribution in [0.2, 0.25) is 0 Å². The number of ketones is 2. The Labute approximate surface area is 116 Å². The van der Waals surface area contributed by atoms with E-state index in [0.717, 1.165) is 0 Å². The van der Waals surface area contributed by atoms with Crippen LogP contribution in [0.3, 0.4) is 0 Å². The van der Waals surface area contributed by atoms with Gasteiger partial charge in [0.15, 0.2) is 0 Å². The lowest BCUT2D eigenvalue weighted by atomic mass is 9.90. The molecule has 0 saturated carbocycles. The van der Waals surface area contributed by atoms with Gasteiger partial charge in [-0.3, -0.25) is 9.59 Å². The lowest BCUT2D eigenvalue weighted by molar-refractivity contribution is -0.131. The quantitative estimate of drug-likeness (QED) is 0.609. The molecule has 0 saturated heterocycles. The molecule has 6 nitrogen and oxygen atoms in total. The van der Waals surface area contributed by atoms with Crippen molar-refractivity contribution in [2.45, 2.75) is 19.9 Å². The van der Waals surface area contributed by atoms with E-state index in [1.54, 1.807) is 12.1 Å². The molecule has 108 valence electrons. The van der Waals surface area contributed by atoms with Crippen LogP contribution in [0.1, 0.15) is 25.6 Å². The molecule has 1 aromatic heterocycles. The highest BCUT2D eigenvalue weighted by Crippen LogP contribution is 2.24. The lowest BCUT2D eigenvalue weighted by Crippen LogP contribution is -2.39. The predicted octanol–water partition coefficient (Wildman–Crippen LogP) is 2.03. The third-order valence-electron chi connectivity index (χ3n) is 2.66. The Bertz CT molecular complexity index is 478. The van der Waals surface area contributed by atoms with Crippen LogP contribution >= 0.6 is 0 Å². The summed E-state index contributed by atoms with van der Waals surface area (Å²) in [6.07, 6.45) is 2.06. The van der Waals surface area contributed by atoms with Crippen molar-refractivity contribution in [3.05, 3.63) is 36.8 Å². The molecule has 1 N–H and O–H groups in total. The second kappa shape index (κ2) is 7.28. The average molecular weight is 279 g/mol. The molecular formula is C14H17NO5. The molecule has 1 heterocycles. The van der Waals surface area contributed by atoms with Crippen molar-refractivity contribution in [3.63, 3.8) is 0 Å². The van der Waals surface area contributed by atoms with E-state index in [4.69, 9.17) is 9.15 Å². The standard InChI is InChI=1S/C14H17NO5/c1-4-7-20-14(18)15-13(11-6-5-8-19-11)12(9(2)16)10(3)17/h4-6,8,12-13H,1,7H2,2-3H3,(H,15,18)/t13-/m0/s1. The van der Waals surface area contributed by atoms with Gasteiger partial charge in [-0.05, 0) is 26.0 Å². The Morgan fingerprint density at radius 1 is 1.40 bits per heavy atom. The van der Waals surface area contributed by atoms with Crippen molar-refractivity contribution in [2.75, 3.05) is 6.61 Å². The fourth-order valence-corrected chi connectivity index (χ4v) is 1.85. The van der Waals surface area contributed by atoms with Crippen molar-refractivity contribution in [3.8, 4) is 0 Å². The number of hydrogen-bond donors (Lipinski definition) is 1. The Kier molecular flexibility index (Phi) is 5.71. The van der Waals surface area contributed by atoms with Crippen LogP contribution in [-0.2, 0) is 14.3 Å². The molecule has 1 rings (SSSR count). The van der Waals surface area contributed by atoms with Gasteiger partial charge in [-0.2, -0.15) is 0 Å². The molecule has 0 unspecified atom stereocenters. The minimum Gasteiger partial charge on any atom is -0.467 e. The topological polar surface area (TPSA) is 85.6 Å². The zero-order valence-electron chi connectivity index (χ0n) is 11.4. The number of amides is 1. The van der Waals surface area contributed by atoms with E-state index < -0.39 is 18.1 Å². The number of alkyl carbamates (subject to hydrolysis) is 1. The molecule has 0 spiro atoms. The number of hydrogen-bond acceptors (Lipinski definition) is 5. The lowest BCUT2D eigenvalue weighted by Gasteiger charge is -2.22. The van der Waals surface area contributed by atoms with Gasteiger partial charge in [-0.15, -0.1) is 0 Å². The first-order valence-electron chi connectivity index (χ1n) is 6.05.